The van der Waals surface area contributed by atoms with Crippen LogP contribution in [-0.4, -0.2) is 18.5 Å². The fourth-order valence-electron chi connectivity index (χ4n) is 3.12. The number of thiophene rings is 1. The van der Waals surface area contributed by atoms with Crippen molar-refractivity contribution >= 4 is 28.7 Å². The predicted molar refractivity (Wildman–Crippen MR) is 91.5 cm³/mol. The molecular weight excluding hydrogens is 326 g/mol. The third-order valence-corrected chi connectivity index (χ3v) is 5.60. The Bertz CT molecular complexity index is 816. The zero-order chi connectivity index (χ0) is 16.7. The topological polar surface area (TPSA) is 64.6 Å². The lowest BCUT2D eigenvalue weighted by Crippen LogP contribution is -2.13. The number of aryl methyl sites for hydroxylation is 2. The normalized spacial score (nSPS) is 15.0. The van der Waals surface area contributed by atoms with Crippen LogP contribution in [0.15, 0.2) is 18.2 Å². The lowest BCUT2D eigenvalue weighted by atomic mass is 9.99. The molecule has 0 fully saturated rings. The number of fused-ring (bicyclic) bond motifs is 2. The van der Waals surface area contributed by atoms with Crippen LogP contribution in [0, 0.1) is 0 Å². The number of carbonyl (C=O) groups is 2. The van der Waals surface area contributed by atoms with Crippen LogP contribution >= 0.6 is 11.3 Å². The number of nitrogens with one attached hydrogen (secondary N) is 1. The maximum Gasteiger partial charge on any atom is 0.265 e. The van der Waals surface area contributed by atoms with Gasteiger partial charge in [0.25, 0.3) is 5.91 Å². The third kappa shape index (κ3) is 2.67. The minimum absolute atomic E-state index is 0.127. The molecule has 4 rings (SSSR count). The van der Waals surface area contributed by atoms with Gasteiger partial charge in [-0.1, -0.05) is 0 Å². The molecule has 0 radical (unpaired) electrons. The lowest BCUT2D eigenvalue weighted by Gasteiger charge is -2.09. The number of carbonyl (C=O) groups excluding carboxylic acids is 2. The monoisotopic (exact) mass is 343 g/mol. The van der Waals surface area contributed by atoms with E-state index in [0.717, 1.165) is 12.8 Å². The molecule has 2 aliphatic rings. The first-order chi connectivity index (χ1) is 11.6. The van der Waals surface area contributed by atoms with E-state index in [1.54, 1.807) is 23.5 Å². The van der Waals surface area contributed by atoms with Gasteiger partial charge in [0, 0.05) is 16.5 Å². The summed E-state index contributed by atoms with van der Waals surface area (Å²) < 4.78 is 10.6. The Balaban J connectivity index is 1.63. The number of ether oxygens (including phenoxy) is 2. The van der Waals surface area contributed by atoms with E-state index in [4.69, 9.17) is 9.47 Å². The van der Waals surface area contributed by atoms with Crippen molar-refractivity contribution in [2.75, 3.05) is 12.1 Å². The Morgan fingerprint density at radius 1 is 1.08 bits per heavy atom. The van der Waals surface area contributed by atoms with E-state index in [-0.39, 0.29) is 18.5 Å². The Morgan fingerprint density at radius 2 is 1.83 bits per heavy atom. The van der Waals surface area contributed by atoms with Gasteiger partial charge in [0.05, 0.1) is 10.6 Å². The SMILES string of the molecule is CC(=O)c1cc2c(cc1NC(=O)c1cc3c(s1)CCCC3)OCO2. The van der Waals surface area contributed by atoms with Gasteiger partial charge in [-0.3, -0.25) is 9.59 Å². The van der Waals surface area contributed by atoms with Crippen molar-refractivity contribution in [3.63, 3.8) is 0 Å². The van der Waals surface area contributed by atoms with Gasteiger partial charge in [-0.15, -0.1) is 11.3 Å². The van der Waals surface area contributed by atoms with Crippen LogP contribution in [0.4, 0.5) is 5.69 Å². The van der Waals surface area contributed by atoms with Gasteiger partial charge >= 0.3 is 0 Å². The highest BCUT2D eigenvalue weighted by atomic mass is 32.1. The van der Waals surface area contributed by atoms with Crippen molar-refractivity contribution in [2.24, 2.45) is 0 Å². The minimum Gasteiger partial charge on any atom is -0.454 e. The first-order valence-corrected chi connectivity index (χ1v) is 8.81. The van der Waals surface area contributed by atoms with Gasteiger partial charge in [0.1, 0.15) is 0 Å². The first kappa shape index (κ1) is 15.2. The van der Waals surface area contributed by atoms with Crippen LogP contribution in [-0.2, 0) is 12.8 Å². The maximum atomic E-state index is 12.6. The zero-order valence-electron chi connectivity index (χ0n) is 13.3. The number of rotatable bonds is 3. The van der Waals surface area contributed by atoms with Crippen molar-refractivity contribution in [3.05, 3.63) is 39.1 Å². The smallest absolute Gasteiger partial charge is 0.265 e. The van der Waals surface area contributed by atoms with Gasteiger partial charge in [-0.25, -0.2) is 0 Å². The summed E-state index contributed by atoms with van der Waals surface area (Å²) >= 11 is 1.55. The van der Waals surface area contributed by atoms with E-state index in [0.29, 0.717) is 27.6 Å². The van der Waals surface area contributed by atoms with E-state index < -0.39 is 0 Å². The van der Waals surface area contributed by atoms with Crippen molar-refractivity contribution < 1.29 is 19.1 Å². The Hall–Kier alpha value is -2.34. The van der Waals surface area contributed by atoms with Crippen LogP contribution in [0.25, 0.3) is 0 Å². The zero-order valence-corrected chi connectivity index (χ0v) is 14.1. The number of hydrogen-bond acceptors (Lipinski definition) is 5. The van der Waals surface area contributed by atoms with Crippen molar-refractivity contribution in [1.82, 2.24) is 0 Å². The molecule has 1 amide bonds. The van der Waals surface area contributed by atoms with E-state index in [2.05, 4.69) is 5.32 Å². The molecule has 2 heterocycles. The molecule has 0 atom stereocenters. The highest BCUT2D eigenvalue weighted by Crippen LogP contribution is 2.38. The fourth-order valence-corrected chi connectivity index (χ4v) is 4.27. The summed E-state index contributed by atoms with van der Waals surface area (Å²) in [6, 6.07) is 5.26. The molecule has 24 heavy (non-hydrogen) atoms. The molecule has 124 valence electrons. The quantitative estimate of drug-likeness (QED) is 0.861. The summed E-state index contributed by atoms with van der Waals surface area (Å²) in [7, 11) is 0. The Morgan fingerprint density at radius 3 is 2.58 bits per heavy atom. The van der Waals surface area contributed by atoms with Gasteiger partial charge in [-0.05, 0) is 50.3 Å². The number of anilines is 1. The van der Waals surface area contributed by atoms with Crippen LogP contribution < -0.4 is 14.8 Å². The number of ketones is 1. The van der Waals surface area contributed by atoms with Gasteiger partial charge in [-0.2, -0.15) is 0 Å². The molecule has 1 aliphatic heterocycles. The molecule has 0 unspecified atom stereocenters. The molecule has 0 bridgehead atoms. The third-order valence-electron chi connectivity index (χ3n) is 4.36. The van der Waals surface area contributed by atoms with Gasteiger partial charge < -0.3 is 14.8 Å². The molecule has 0 spiro atoms. The fraction of sp³-hybridized carbons (Fsp3) is 0.333. The van der Waals surface area contributed by atoms with E-state index in [1.807, 2.05) is 6.07 Å². The van der Waals surface area contributed by atoms with Gasteiger partial charge in [0.2, 0.25) is 6.79 Å². The molecule has 5 nitrogen and oxygen atoms in total. The highest BCUT2D eigenvalue weighted by molar-refractivity contribution is 7.14. The van der Waals surface area contributed by atoms with Crippen LogP contribution in [0.5, 0.6) is 11.5 Å². The summed E-state index contributed by atoms with van der Waals surface area (Å²) in [6.45, 7) is 1.60. The Kier molecular flexibility index (Phi) is 3.76. The maximum absolute atomic E-state index is 12.6. The van der Waals surface area contributed by atoms with E-state index >= 15 is 0 Å². The molecule has 2 aromatic rings. The molecule has 0 saturated heterocycles. The summed E-state index contributed by atoms with van der Waals surface area (Å²) in [4.78, 5) is 26.5. The molecule has 0 saturated carbocycles. The summed E-state index contributed by atoms with van der Waals surface area (Å²) in [5, 5.41) is 2.86. The number of hydrogen-bond donors (Lipinski definition) is 1. The highest BCUT2D eigenvalue weighted by Gasteiger charge is 2.22. The van der Waals surface area contributed by atoms with Crippen LogP contribution in [0.3, 0.4) is 0 Å². The molecule has 1 aromatic heterocycles. The van der Waals surface area contributed by atoms with Crippen molar-refractivity contribution in [3.8, 4) is 11.5 Å². The predicted octanol–water partition coefficient (Wildman–Crippen LogP) is 3.81. The second kappa shape index (κ2) is 5.94. The first-order valence-electron chi connectivity index (χ1n) is 7.99. The van der Waals surface area contributed by atoms with E-state index in [1.165, 1.54) is 30.2 Å². The number of amides is 1. The summed E-state index contributed by atoms with van der Waals surface area (Å²) in [6.07, 6.45) is 4.46. The largest absolute Gasteiger partial charge is 0.454 e. The van der Waals surface area contributed by atoms with Crippen molar-refractivity contribution in [1.29, 1.82) is 0 Å². The Labute approximate surface area is 143 Å². The second-order valence-electron chi connectivity index (χ2n) is 6.03. The van der Waals surface area contributed by atoms with Crippen molar-refractivity contribution in [2.45, 2.75) is 32.6 Å². The number of benzene rings is 1. The lowest BCUT2D eigenvalue weighted by molar-refractivity contribution is 0.101. The second-order valence-corrected chi connectivity index (χ2v) is 7.16. The minimum atomic E-state index is -0.184. The standard InChI is InChI=1S/C18H17NO4S/c1-10(20)12-7-14-15(23-9-22-14)8-13(12)19-18(21)17-6-11-4-2-3-5-16(11)24-17/h6-8H,2-5,9H2,1H3,(H,19,21). The molecule has 6 heteroatoms. The molecule has 1 N–H and O–H groups in total. The molecule has 1 aromatic carbocycles. The van der Waals surface area contributed by atoms with Crippen LogP contribution in [0.1, 0.15) is 50.2 Å². The van der Waals surface area contributed by atoms with E-state index in [9.17, 15) is 9.59 Å². The molecule has 1 aliphatic carbocycles. The molecular formula is C18H17NO4S. The summed E-state index contributed by atoms with van der Waals surface area (Å²) in [5.74, 6) is 0.760. The average Bonchev–Trinajstić information content (AvgIpc) is 3.19. The number of Topliss-reactive ketones (excluding diaryl/α,β-unsaturated/α-hetero) is 1. The summed E-state index contributed by atoms with van der Waals surface area (Å²) in [5.41, 5.74) is 2.17. The average molecular weight is 343 g/mol. The van der Waals surface area contributed by atoms with Gasteiger partial charge in [0.15, 0.2) is 17.3 Å². The van der Waals surface area contributed by atoms with Crippen LogP contribution in [0.2, 0.25) is 0 Å².